The lowest BCUT2D eigenvalue weighted by Crippen LogP contribution is -2.37. The van der Waals surface area contributed by atoms with Gasteiger partial charge in [0.2, 0.25) is 0 Å². The number of fused-ring (bicyclic) bond motifs is 4. The van der Waals surface area contributed by atoms with Crippen molar-refractivity contribution < 1.29 is 14.0 Å². The van der Waals surface area contributed by atoms with Crippen LogP contribution in [0.3, 0.4) is 0 Å². The highest BCUT2D eigenvalue weighted by molar-refractivity contribution is 6.21. The zero-order chi connectivity index (χ0) is 24.4. The SMILES string of the molecule is Cc1c(C)n(Cc2ccco2)c2ncn3nc(C(C(C)C)N4C(=O)c5ccccc5C4=O)nc3c12. The molecule has 4 aromatic heterocycles. The van der Waals surface area contributed by atoms with Gasteiger partial charge in [0, 0.05) is 5.69 Å². The summed E-state index contributed by atoms with van der Waals surface area (Å²) in [5, 5.41) is 5.57. The summed E-state index contributed by atoms with van der Waals surface area (Å²) >= 11 is 0. The molecule has 9 nitrogen and oxygen atoms in total. The van der Waals surface area contributed by atoms with Crippen molar-refractivity contribution in [3.8, 4) is 0 Å². The summed E-state index contributed by atoms with van der Waals surface area (Å²) in [4.78, 5) is 37.3. The van der Waals surface area contributed by atoms with Crippen LogP contribution in [0.25, 0.3) is 16.7 Å². The van der Waals surface area contributed by atoms with Crippen LogP contribution in [0.1, 0.15) is 63.4 Å². The van der Waals surface area contributed by atoms with E-state index in [1.165, 1.54) is 4.90 Å². The van der Waals surface area contributed by atoms with Gasteiger partial charge < -0.3 is 8.98 Å². The van der Waals surface area contributed by atoms with Crippen LogP contribution in [0.4, 0.5) is 0 Å². The molecule has 2 amide bonds. The zero-order valence-electron chi connectivity index (χ0n) is 19.9. The van der Waals surface area contributed by atoms with E-state index in [0.29, 0.717) is 29.1 Å². The number of nitrogens with zero attached hydrogens (tertiary/aromatic N) is 6. The van der Waals surface area contributed by atoms with Crippen molar-refractivity contribution in [2.24, 2.45) is 5.92 Å². The molecule has 1 aliphatic rings. The van der Waals surface area contributed by atoms with Crippen molar-refractivity contribution in [3.63, 3.8) is 0 Å². The minimum Gasteiger partial charge on any atom is -0.467 e. The van der Waals surface area contributed by atoms with Gasteiger partial charge in [0.1, 0.15) is 23.8 Å². The molecule has 0 fully saturated rings. The van der Waals surface area contributed by atoms with E-state index >= 15 is 0 Å². The molecule has 1 atom stereocenters. The average Bonchev–Trinajstić information content (AvgIpc) is 3.61. The second-order valence-corrected chi connectivity index (χ2v) is 9.27. The number of carbonyl (C=O) groups excluding carboxylic acids is 2. The van der Waals surface area contributed by atoms with Gasteiger partial charge in [-0.1, -0.05) is 26.0 Å². The fraction of sp³-hybridized carbons (Fsp3) is 0.269. The van der Waals surface area contributed by atoms with E-state index in [1.807, 2.05) is 39.8 Å². The number of rotatable bonds is 5. The highest BCUT2D eigenvalue weighted by atomic mass is 16.3. The zero-order valence-corrected chi connectivity index (χ0v) is 19.9. The van der Waals surface area contributed by atoms with Crippen LogP contribution in [0.2, 0.25) is 0 Å². The Kier molecular flexibility index (Phi) is 4.64. The van der Waals surface area contributed by atoms with Gasteiger partial charge in [0.05, 0.1) is 29.3 Å². The van der Waals surface area contributed by atoms with Gasteiger partial charge in [-0.3, -0.25) is 14.5 Å². The largest absolute Gasteiger partial charge is 0.467 e. The maximum absolute atomic E-state index is 13.2. The summed E-state index contributed by atoms with van der Waals surface area (Å²) in [6.07, 6.45) is 3.29. The Morgan fingerprint density at radius 2 is 1.69 bits per heavy atom. The number of amides is 2. The molecular formula is C26H24N6O3. The van der Waals surface area contributed by atoms with Gasteiger partial charge in [-0.15, -0.1) is 5.10 Å². The molecule has 0 bridgehead atoms. The molecule has 5 aromatic rings. The molecule has 0 saturated heterocycles. The smallest absolute Gasteiger partial charge is 0.262 e. The monoisotopic (exact) mass is 468 g/mol. The molecule has 1 aromatic carbocycles. The Bertz CT molecular complexity index is 1590. The quantitative estimate of drug-likeness (QED) is 0.356. The molecule has 6 rings (SSSR count). The molecule has 0 radical (unpaired) electrons. The Labute approximate surface area is 201 Å². The maximum Gasteiger partial charge on any atom is 0.262 e. The van der Waals surface area contributed by atoms with Crippen molar-refractivity contribution >= 4 is 28.5 Å². The summed E-state index contributed by atoms with van der Waals surface area (Å²) in [5.74, 6) is 0.523. The van der Waals surface area contributed by atoms with Crippen LogP contribution in [0.5, 0.6) is 0 Å². The highest BCUT2D eigenvalue weighted by Gasteiger charge is 2.43. The van der Waals surface area contributed by atoms with Gasteiger partial charge in [-0.2, -0.15) is 0 Å². The van der Waals surface area contributed by atoms with Gasteiger partial charge in [0.15, 0.2) is 11.5 Å². The fourth-order valence-electron chi connectivity index (χ4n) is 5.00. The van der Waals surface area contributed by atoms with Crippen LogP contribution >= 0.6 is 0 Å². The first kappa shape index (κ1) is 21.3. The van der Waals surface area contributed by atoms with E-state index in [4.69, 9.17) is 9.40 Å². The normalized spacial score (nSPS) is 14.6. The van der Waals surface area contributed by atoms with Crippen molar-refractivity contribution in [1.29, 1.82) is 0 Å². The molecule has 0 N–H and O–H groups in total. The van der Waals surface area contributed by atoms with Gasteiger partial charge in [0.25, 0.3) is 11.8 Å². The lowest BCUT2D eigenvalue weighted by molar-refractivity contribution is 0.0529. The van der Waals surface area contributed by atoms with E-state index in [-0.39, 0.29) is 17.7 Å². The second-order valence-electron chi connectivity index (χ2n) is 9.27. The molecule has 0 saturated carbocycles. The van der Waals surface area contributed by atoms with E-state index in [2.05, 4.69) is 14.6 Å². The molecule has 0 spiro atoms. The molecule has 5 heterocycles. The first-order valence-corrected chi connectivity index (χ1v) is 11.6. The Morgan fingerprint density at radius 3 is 2.31 bits per heavy atom. The lowest BCUT2D eigenvalue weighted by atomic mass is 10.0. The van der Waals surface area contributed by atoms with E-state index in [1.54, 1.807) is 41.4 Å². The van der Waals surface area contributed by atoms with Crippen LogP contribution in [-0.4, -0.2) is 40.9 Å². The van der Waals surface area contributed by atoms with Crippen LogP contribution in [-0.2, 0) is 6.54 Å². The second kappa shape index (κ2) is 7.63. The van der Waals surface area contributed by atoms with Gasteiger partial charge in [-0.25, -0.2) is 14.5 Å². The molecule has 176 valence electrons. The highest BCUT2D eigenvalue weighted by Crippen LogP contribution is 2.36. The number of imide groups is 1. The Balaban J connectivity index is 1.49. The molecule has 1 aliphatic heterocycles. The third-order valence-corrected chi connectivity index (χ3v) is 6.86. The number of hydrogen-bond donors (Lipinski definition) is 0. The minimum atomic E-state index is -0.607. The number of aromatic nitrogens is 5. The van der Waals surface area contributed by atoms with Crippen molar-refractivity contribution in [3.05, 3.63) is 83.0 Å². The summed E-state index contributed by atoms with van der Waals surface area (Å²) in [6.45, 7) is 8.56. The number of furan rings is 1. The number of carbonyl (C=O) groups is 2. The molecular weight excluding hydrogens is 444 g/mol. The van der Waals surface area contributed by atoms with Gasteiger partial charge in [-0.05, 0) is 49.6 Å². The first-order chi connectivity index (χ1) is 16.9. The first-order valence-electron chi connectivity index (χ1n) is 11.6. The van der Waals surface area contributed by atoms with E-state index in [9.17, 15) is 9.59 Å². The Morgan fingerprint density at radius 1 is 0.971 bits per heavy atom. The topological polar surface area (TPSA) is 98.5 Å². The van der Waals surface area contributed by atoms with Crippen molar-refractivity contribution in [1.82, 2.24) is 29.0 Å². The average molecular weight is 469 g/mol. The predicted octanol–water partition coefficient (Wildman–Crippen LogP) is 4.33. The summed E-state index contributed by atoms with van der Waals surface area (Å²) in [7, 11) is 0. The van der Waals surface area contributed by atoms with Crippen LogP contribution in [0, 0.1) is 19.8 Å². The summed E-state index contributed by atoms with van der Waals surface area (Å²) in [6, 6.07) is 10.1. The van der Waals surface area contributed by atoms with Gasteiger partial charge >= 0.3 is 0 Å². The van der Waals surface area contributed by atoms with E-state index in [0.717, 1.165) is 28.1 Å². The van der Waals surface area contributed by atoms with Crippen molar-refractivity contribution in [2.75, 3.05) is 0 Å². The van der Waals surface area contributed by atoms with Crippen molar-refractivity contribution in [2.45, 2.75) is 40.3 Å². The third kappa shape index (κ3) is 3.04. The fourth-order valence-corrected chi connectivity index (χ4v) is 5.00. The summed E-state index contributed by atoms with van der Waals surface area (Å²) < 4.78 is 9.29. The maximum atomic E-state index is 13.2. The number of aryl methyl sites for hydroxylation is 1. The molecule has 9 heteroatoms. The predicted molar refractivity (Wildman–Crippen MR) is 128 cm³/mol. The minimum absolute atomic E-state index is 0.0931. The van der Waals surface area contributed by atoms with Crippen LogP contribution < -0.4 is 0 Å². The van der Waals surface area contributed by atoms with Crippen LogP contribution in [0.15, 0.2) is 53.4 Å². The standard InChI is InChI=1S/C26H24N6O3/c1-14(2)21(32-25(33)18-9-5-6-10-19(18)26(32)34)22-28-24-20-15(3)16(4)30(12-17-8-7-11-35-17)23(20)27-13-31(24)29-22/h5-11,13-14,21H,12H2,1-4H3. The molecule has 35 heavy (non-hydrogen) atoms. The lowest BCUT2D eigenvalue weighted by Gasteiger charge is -2.26. The third-order valence-electron chi connectivity index (χ3n) is 6.86. The molecule has 1 unspecified atom stereocenters. The number of benzene rings is 1. The number of hydrogen-bond acceptors (Lipinski definition) is 6. The Hall–Kier alpha value is -4.27. The summed E-state index contributed by atoms with van der Waals surface area (Å²) in [5.41, 5.74) is 4.36. The van der Waals surface area contributed by atoms with E-state index < -0.39 is 6.04 Å². The molecule has 0 aliphatic carbocycles.